The fourth-order valence-corrected chi connectivity index (χ4v) is 2.20. The molecule has 2 rings (SSSR count). The molecule has 3 amide bonds. The maximum atomic E-state index is 11.8. The van der Waals surface area contributed by atoms with E-state index < -0.39 is 12.1 Å². The first kappa shape index (κ1) is 14.9. The SMILES string of the molecule is CC1CCNC(=O)C1NC(=O)Nc1cc(Cl)c(Cl)cn1. The van der Waals surface area contributed by atoms with Gasteiger partial charge in [-0.3, -0.25) is 10.1 Å². The van der Waals surface area contributed by atoms with Gasteiger partial charge in [0.1, 0.15) is 11.9 Å². The molecule has 2 unspecified atom stereocenters. The third-order valence-electron chi connectivity index (χ3n) is 3.09. The molecule has 108 valence electrons. The van der Waals surface area contributed by atoms with Crippen LogP contribution in [0.3, 0.4) is 0 Å². The zero-order valence-electron chi connectivity index (χ0n) is 10.7. The molecule has 0 bridgehead atoms. The summed E-state index contributed by atoms with van der Waals surface area (Å²) < 4.78 is 0. The Balaban J connectivity index is 1.98. The number of urea groups is 1. The van der Waals surface area contributed by atoms with Crippen molar-refractivity contribution < 1.29 is 9.59 Å². The Morgan fingerprint density at radius 1 is 1.45 bits per heavy atom. The molecule has 0 radical (unpaired) electrons. The van der Waals surface area contributed by atoms with Crippen molar-refractivity contribution in [3.63, 3.8) is 0 Å². The summed E-state index contributed by atoms with van der Waals surface area (Å²) in [5, 5.41) is 8.45. The van der Waals surface area contributed by atoms with Crippen molar-refractivity contribution in [2.45, 2.75) is 19.4 Å². The second-order valence-corrected chi connectivity index (χ2v) is 5.43. The first-order valence-corrected chi connectivity index (χ1v) is 6.89. The minimum Gasteiger partial charge on any atom is -0.354 e. The smallest absolute Gasteiger partial charge is 0.321 e. The molecule has 1 aromatic heterocycles. The monoisotopic (exact) mass is 316 g/mol. The summed E-state index contributed by atoms with van der Waals surface area (Å²) in [7, 11) is 0. The highest BCUT2D eigenvalue weighted by atomic mass is 35.5. The molecule has 0 aliphatic carbocycles. The fraction of sp³-hybridized carbons (Fsp3) is 0.417. The van der Waals surface area contributed by atoms with Gasteiger partial charge in [0.05, 0.1) is 10.0 Å². The number of piperidine rings is 1. The van der Waals surface area contributed by atoms with Gasteiger partial charge < -0.3 is 10.6 Å². The van der Waals surface area contributed by atoms with Gasteiger partial charge in [-0.1, -0.05) is 30.1 Å². The van der Waals surface area contributed by atoms with Gasteiger partial charge in [0, 0.05) is 18.8 Å². The number of nitrogens with zero attached hydrogens (tertiary/aromatic N) is 1. The number of amides is 3. The molecule has 6 nitrogen and oxygen atoms in total. The number of carbonyl (C=O) groups excluding carboxylic acids is 2. The summed E-state index contributed by atoms with van der Waals surface area (Å²) in [6, 6.07) is 0.379. The largest absolute Gasteiger partial charge is 0.354 e. The van der Waals surface area contributed by atoms with Crippen LogP contribution in [-0.4, -0.2) is 29.5 Å². The van der Waals surface area contributed by atoms with E-state index in [1.54, 1.807) is 0 Å². The van der Waals surface area contributed by atoms with E-state index in [0.717, 1.165) is 6.42 Å². The highest BCUT2D eigenvalue weighted by Crippen LogP contribution is 2.22. The zero-order valence-corrected chi connectivity index (χ0v) is 12.3. The number of nitrogens with one attached hydrogen (secondary N) is 3. The van der Waals surface area contributed by atoms with Crippen molar-refractivity contribution in [1.82, 2.24) is 15.6 Å². The zero-order chi connectivity index (χ0) is 14.7. The summed E-state index contributed by atoms with van der Waals surface area (Å²) >= 11 is 11.6. The predicted octanol–water partition coefficient (Wildman–Crippen LogP) is 2.03. The summed E-state index contributed by atoms with van der Waals surface area (Å²) in [5.41, 5.74) is 0. The van der Waals surface area contributed by atoms with Crippen LogP contribution in [0.2, 0.25) is 10.0 Å². The average molecular weight is 317 g/mol. The van der Waals surface area contributed by atoms with Crippen LogP contribution < -0.4 is 16.0 Å². The van der Waals surface area contributed by atoms with Gasteiger partial charge in [-0.2, -0.15) is 0 Å². The normalized spacial score (nSPS) is 22.1. The summed E-state index contributed by atoms with van der Waals surface area (Å²) in [6.07, 6.45) is 2.16. The first-order chi connectivity index (χ1) is 9.47. The van der Waals surface area contributed by atoms with Crippen LogP contribution in [0, 0.1) is 5.92 Å². The molecule has 1 aromatic rings. The van der Waals surface area contributed by atoms with E-state index in [0.29, 0.717) is 16.6 Å². The number of rotatable bonds is 2. The van der Waals surface area contributed by atoms with E-state index in [2.05, 4.69) is 20.9 Å². The lowest BCUT2D eigenvalue weighted by Crippen LogP contribution is -2.55. The number of halogens is 2. The molecule has 3 N–H and O–H groups in total. The standard InChI is InChI=1S/C12H14Cl2N4O2/c1-6-2-3-15-11(19)10(6)18-12(20)17-9-4-7(13)8(14)5-16-9/h4-6,10H,2-3H2,1H3,(H,15,19)(H2,16,17,18,20). The molecule has 2 heterocycles. The minimum absolute atomic E-state index is 0.0799. The van der Waals surface area contributed by atoms with Crippen LogP contribution in [0.5, 0.6) is 0 Å². The van der Waals surface area contributed by atoms with E-state index in [1.807, 2.05) is 6.92 Å². The fourth-order valence-electron chi connectivity index (χ4n) is 1.94. The number of hydrogen-bond acceptors (Lipinski definition) is 3. The summed E-state index contributed by atoms with van der Waals surface area (Å²) in [5.74, 6) is 0.165. The lowest BCUT2D eigenvalue weighted by molar-refractivity contribution is -0.125. The summed E-state index contributed by atoms with van der Waals surface area (Å²) in [4.78, 5) is 27.5. The Hall–Kier alpha value is -1.53. The van der Waals surface area contributed by atoms with Gasteiger partial charge >= 0.3 is 6.03 Å². The molecule has 1 fully saturated rings. The van der Waals surface area contributed by atoms with Crippen molar-refractivity contribution in [2.75, 3.05) is 11.9 Å². The Morgan fingerprint density at radius 3 is 2.85 bits per heavy atom. The molecule has 1 aliphatic heterocycles. The van der Waals surface area contributed by atoms with E-state index in [9.17, 15) is 9.59 Å². The third kappa shape index (κ3) is 3.52. The maximum Gasteiger partial charge on any atom is 0.321 e. The van der Waals surface area contributed by atoms with E-state index in [1.165, 1.54) is 12.3 Å². The average Bonchev–Trinajstić information content (AvgIpc) is 2.38. The second-order valence-electron chi connectivity index (χ2n) is 4.62. The van der Waals surface area contributed by atoms with Gasteiger partial charge in [-0.15, -0.1) is 0 Å². The van der Waals surface area contributed by atoms with Gasteiger partial charge in [-0.05, 0) is 12.3 Å². The number of aromatic nitrogens is 1. The van der Waals surface area contributed by atoms with Crippen molar-refractivity contribution in [3.8, 4) is 0 Å². The molecular weight excluding hydrogens is 303 g/mol. The van der Waals surface area contributed by atoms with Crippen LogP contribution in [0.25, 0.3) is 0 Å². The van der Waals surface area contributed by atoms with Crippen LogP contribution in [-0.2, 0) is 4.79 Å². The van der Waals surface area contributed by atoms with Crippen LogP contribution in [0.4, 0.5) is 10.6 Å². The molecule has 1 aliphatic rings. The molecule has 0 spiro atoms. The molecule has 1 saturated heterocycles. The molecule has 20 heavy (non-hydrogen) atoms. The van der Waals surface area contributed by atoms with Crippen LogP contribution >= 0.6 is 23.2 Å². The molecule has 0 aromatic carbocycles. The lowest BCUT2D eigenvalue weighted by Gasteiger charge is -2.28. The van der Waals surface area contributed by atoms with Gasteiger partial charge in [0.2, 0.25) is 5.91 Å². The van der Waals surface area contributed by atoms with Crippen molar-refractivity contribution in [3.05, 3.63) is 22.3 Å². The maximum absolute atomic E-state index is 11.8. The Bertz CT molecular complexity index is 538. The highest BCUT2D eigenvalue weighted by Gasteiger charge is 2.30. The van der Waals surface area contributed by atoms with Gasteiger partial charge in [-0.25, -0.2) is 9.78 Å². The predicted molar refractivity (Wildman–Crippen MR) is 77.0 cm³/mol. The molecule has 0 saturated carbocycles. The first-order valence-electron chi connectivity index (χ1n) is 6.13. The molecular formula is C12H14Cl2N4O2. The lowest BCUT2D eigenvalue weighted by atomic mass is 9.94. The van der Waals surface area contributed by atoms with Crippen LogP contribution in [0.1, 0.15) is 13.3 Å². The molecule has 2 atom stereocenters. The quantitative estimate of drug-likeness (QED) is 0.780. The summed E-state index contributed by atoms with van der Waals surface area (Å²) in [6.45, 7) is 2.55. The number of pyridine rings is 1. The third-order valence-corrected chi connectivity index (χ3v) is 3.80. The Morgan fingerprint density at radius 2 is 2.20 bits per heavy atom. The number of anilines is 1. The van der Waals surface area contributed by atoms with E-state index in [-0.39, 0.29) is 17.6 Å². The topological polar surface area (TPSA) is 83.1 Å². The van der Waals surface area contributed by atoms with Crippen molar-refractivity contribution >= 4 is 41.0 Å². The van der Waals surface area contributed by atoms with Gasteiger partial charge in [0.15, 0.2) is 0 Å². The van der Waals surface area contributed by atoms with Gasteiger partial charge in [0.25, 0.3) is 0 Å². The number of hydrogen-bond donors (Lipinski definition) is 3. The van der Waals surface area contributed by atoms with Crippen molar-refractivity contribution in [1.29, 1.82) is 0 Å². The Labute approximate surface area is 126 Å². The number of carbonyl (C=O) groups is 2. The molecule has 8 heteroatoms. The van der Waals surface area contributed by atoms with Crippen LogP contribution in [0.15, 0.2) is 12.3 Å². The van der Waals surface area contributed by atoms with E-state index >= 15 is 0 Å². The minimum atomic E-state index is -0.550. The Kier molecular flexibility index (Phi) is 4.67. The highest BCUT2D eigenvalue weighted by molar-refractivity contribution is 6.42. The van der Waals surface area contributed by atoms with E-state index in [4.69, 9.17) is 23.2 Å². The second kappa shape index (κ2) is 6.28. The van der Waals surface area contributed by atoms with Crippen molar-refractivity contribution in [2.24, 2.45) is 5.92 Å².